The number of thioether (sulfide) groups is 1. The van der Waals surface area contributed by atoms with Crippen molar-refractivity contribution < 1.29 is 41.8 Å². The minimum absolute atomic E-state index is 0.0426. The van der Waals surface area contributed by atoms with E-state index < -0.39 is 58.8 Å². The molecule has 1 aliphatic heterocycles. The zero-order valence-corrected chi connectivity index (χ0v) is 20.7. The van der Waals surface area contributed by atoms with Gasteiger partial charge in [0.1, 0.15) is 5.92 Å². The van der Waals surface area contributed by atoms with Crippen LogP contribution in [0.3, 0.4) is 0 Å². The molecule has 198 valence electrons. The lowest BCUT2D eigenvalue weighted by molar-refractivity contribution is -0.150. The van der Waals surface area contributed by atoms with Crippen molar-refractivity contribution in [2.75, 3.05) is 25.3 Å². The number of halogens is 3. The number of anilines is 1. The van der Waals surface area contributed by atoms with E-state index in [2.05, 4.69) is 15.4 Å². The first-order chi connectivity index (χ1) is 18.0. The first-order valence-electron chi connectivity index (χ1n) is 10.8. The third-order valence-electron chi connectivity index (χ3n) is 5.53. The fourth-order valence-corrected chi connectivity index (χ4v) is 4.64. The van der Waals surface area contributed by atoms with E-state index in [9.17, 15) is 37.6 Å². The van der Waals surface area contributed by atoms with Gasteiger partial charge in [-0.05, 0) is 29.8 Å². The Labute approximate surface area is 219 Å². The number of carbonyl (C=O) groups is 4. The highest BCUT2D eigenvalue weighted by molar-refractivity contribution is 8.03. The molecule has 1 heterocycles. The standard InChI is InChI=1S/C25H20F3N3O6S/c1-36-23(34)14-9-7-13(8-10-14)19-15(11-29)22(31-21(33)20(19)24(35)37-2)38-12-18(32)30-17-6-4-3-5-16(17)25(26,27)28/h3-10,19-20H,12H2,1-2H3,(H,30,32)(H,31,33)/t19-,20+/m1/s1. The lowest BCUT2D eigenvalue weighted by atomic mass is 9.78. The number of hydrogen-bond donors (Lipinski definition) is 2. The Morgan fingerprint density at radius 2 is 1.74 bits per heavy atom. The Morgan fingerprint density at radius 3 is 2.32 bits per heavy atom. The van der Waals surface area contributed by atoms with Gasteiger partial charge in [0.15, 0.2) is 0 Å². The Morgan fingerprint density at radius 1 is 1.08 bits per heavy atom. The highest BCUT2D eigenvalue weighted by atomic mass is 32.2. The number of allylic oxidation sites excluding steroid dienone is 1. The number of carbonyl (C=O) groups excluding carboxylic acids is 4. The van der Waals surface area contributed by atoms with Crippen LogP contribution in [0.5, 0.6) is 0 Å². The van der Waals surface area contributed by atoms with Crippen molar-refractivity contribution in [1.82, 2.24) is 5.32 Å². The number of methoxy groups -OCH3 is 2. The summed E-state index contributed by atoms with van der Waals surface area (Å²) in [6.07, 6.45) is -4.69. The van der Waals surface area contributed by atoms with Crippen molar-refractivity contribution in [3.8, 4) is 6.07 Å². The lowest BCUT2D eigenvalue weighted by Crippen LogP contribution is -2.44. The summed E-state index contributed by atoms with van der Waals surface area (Å²) in [4.78, 5) is 49.6. The van der Waals surface area contributed by atoms with E-state index in [-0.39, 0.29) is 16.2 Å². The summed E-state index contributed by atoms with van der Waals surface area (Å²) in [7, 11) is 2.28. The van der Waals surface area contributed by atoms with Gasteiger partial charge in [0.05, 0.1) is 53.5 Å². The Bertz CT molecular complexity index is 1340. The summed E-state index contributed by atoms with van der Waals surface area (Å²) >= 11 is 0.712. The van der Waals surface area contributed by atoms with Crippen molar-refractivity contribution in [2.45, 2.75) is 12.1 Å². The van der Waals surface area contributed by atoms with E-state index in [1.165, 1.54) is 43.5 Å². The van der Waals surface area contributed by atoms with Crippen LogP contribution in [0.25, 0.3) is 0 Å². The molecule has 13 heteroatoms. The van der Waals surface area contributed by atoms with Crippen LogP contribution >= 0.6 is 11.8 Å². The fraction of sp³-hybridized carbons (Fsp3) is 0.240. The fourth-order valence-electron chi connectivity index (χ4n) is 3.79. The van der Waals surface area contributed by atoms with Crippen LogP contribution in [-0.4, -0.2) is 43.7 Å². The molecule has 0 unspecified atom stereocenters. The number of ether oxygens (including phenoxy) is 2. The SMILES string of the molecule is COC(=O)c1ccc([C@@H]2C(C#N)=C(SCC(=O)Nc3ccccc3C(F)(F)F)NC(=O)[C@H]2C(=O)OC)cc1. The molecule has 0 bridgehead atoms. The van der Waals surface area contributed by atoms with Gasteiger partial charge in [-0.1, -0.05) is 36.0 Å². The van der Waals surface area contributed by atoms with Gasteiger partial charge >= 0.3 is 18.1 Å². The second kappa shape index (κ2) is 11.8. The maximum absolute atomic E-state index is 13.2. The van der Waals surface area contributed by atoms with Crippen molar-refractivity contribution >= 4 is 41.2 Å². The average Bonchev–Trinajstić information content (AvgIpc) is 2.90. The van der Waals surface area contributed by atoms with E-state index >= 15 is 0 Å². The van der Waals surface area contributed by atoms with Gasteiger partial charge in [0.25, 0.3) is 0 Å². The van der Waals surface area contributed by atoms with Crippen LogP contribution < -0.4 is 10.6 Å². The van der Waals surface area contributed by atoms with Gasteiger partial charge in [-0.15, -0.1) is 0 Å². The predicted molar refractivity (Wildman–Crippen MR) is 129 cm³/mol. The third kappa shape index (κ3) is 6.15. The van der Waals surface area contributed by atoms with Gasteiger partial charge in [-0.2, -0.15) is 18.4 Å². The van der Waals surface area contributed by atoms with Crippen LogP contribution in [0.4, 0.5) is 18.9 Å². The summed E-state index contributed by atoms with van der Waals surface area (Å²) in [6.45, 7) is 0. The van der Waals surface area contributed by atoms with Crippen LogP contribution in [-0.2, 0) is 30.0 Å². The molecule has 0 spiro atoms. The number of hydrogen-bond acceptors (Lipinski definition) is 8. The molecular weight excluding hydrogens is 527 g/mol. The van der Waals surface area contributed by atoms with Gasteiger partial charge in [-0.3, -0.25) is 14.4 Å². The lowest BCUT2D eigenvalue weighted by Gasteiger charge is -2.31. The Hall–Kier alpha value is -4.31. The maximum atomic E-state index is 13.2. The molecular formula is C25H20F3N3O6S. The van der Waals surface area contributed by atoms with Crippen LogP contribution in [0.1, 0.15) is 27.4 Å². The van der Waals surface area contributed by atoms with Crippen molar-refractivity contribution in [2.24, 2.45) is 5.92 Å². The molecule has 2 atom stereocenters. The quantitative estimate of drug-likeness (QED) is 0.397. The van der Waals surface area contributed by atoms with Crippen LogP contribution in [0.2, 0.25) is 0 Å². The number of nitrogens with zero attached hydrogens (tertiary/aromatic N) is 1. The number of benzene rings is 2. The molecule has 0 aliphatic carbocycles. The predicted octanol–water partition coefficient (Wildman–Crippen LogP) is 3.60. The van der Waals surface area contributed by atoms with Gasteiger partial charge in [-0.25, -0.2) is 4.79 Å². The molecule has 0 radical (unpaired) electrons. The second-order valence-electron chi connectivity index (χ2n) is 7.82. The number of nitriles is 1. The number of alkyl halides is 3. The highest BCUT2D eigenvalue weighted by Gasteiger charge is 2.44. The van der Waals surface area contributed by atoms with Gasteiger partial charge < -0.3 is 20.1 Å². The number of amides is 2. The van der Waals surface area contributed by atoms with Gasteiger partial charge in [0, 0.05) is 5.92 Å². The van der Waals surface area contributed by atoms with Crippen molar-refractivity contribution in [3.63, 3.8) is 0 Å². The van der Waals surface area contributed by atoms with Crippen molar-refractivity contribution in [3.05, 3.63) is 75.8 Å². The highest BCUT2D eigenvalue weighted by Crippen LogP contribution is 2.40. The maximum Gasteiger partial charge on any atom is 0.418 e. The van der Waals surface area contributed by atoms with Crippen molar-refractivity contribution in [1.29, 1.82) is 5.26 Å². The molecule has 3 rings (SSSR count). The minimum Gasteiger partial charge on any atom is -0.468 e. The van der Waals surface area contributed by atoms with Crippen LogP contribution in [0.15, 0.2) is 59.1 Å². The number of rotatable bonds is 7. The third-order valence-corrected chi connectivity index (χ3v) is 6.55. The van der Waals surface area contributed by atoms with E-state index in [0.717, 1.165) is 19.2 Å². The largest absolute Gasteiger partial charge is 0.468 e. The topological polar surface area (TPSA) is 135 Å². The summed E-state index contributed by atoms with van der Waals surface area (Å²) in [5, 5.41) is 14.5. The van der Waals surface area contributed by atoms with E-state index in [0.29, 0.717) is 17.3 Å². The summed E-state index contributed by atoms with van der Waals surface area (Å²) in [6, 6.07) is 12.1. The molecule has 0 saturated heterocycles. The normalized spacial score (nSPS) is 17.2. The number of nitrogens with one attached hydrogen (secondary N) is 2. The molecule has 1 aliphatic rings. The summed E-state index contributed by atoms with van der Waals surface area (Å²) < 4.78 is 49.1. The molecule has 2 N–H and O–H groups in total. The molecule has 38 heavy (non-hydrogen) atoms. The molecule has 0 saturated carbocycles. The summed E-state index contributed by atoms with van der Waals surface area (Å²) in [5.41, 5.74) is -1.01. The Kier molecular flexibility index (Phi) is 8.80. The first kappa shape index (κ1) is 28.3. The first-order valence-corrected chi connectivity index (χ1v) is 11.8. The molecule has 9 nitrogen and oxygen atoms in total. The Balaban J connectivity index is 1.91. The molecule has 0 aromatic heterocycles. The van der Waals surface area contributed by atoms with E-state index in [1.54, 1.807) is 0 Å². The summed E-state index contributed by atoms with van der Waals surface area (Å²) in [5.74, 6) is -6.18. The molecule has 2 aromatic rings. The molecule has 0 fully saturated rings. The monoisotopic (exact) mass is 547 g/mol. The average molecular weight is 548 g/mol. The molecule has 2 aromatic carbocycles. The van der Waals surface area contributed by atoms with Gasteiger partial charge in [0.2, 0.25) is 11.8 Å². The number of esters is 2. The number of para-hydroxylation sites is 1. The zero-order chi connectivity index (χ0) is 28.0. The van der Waals surface area contributed by atoms with E-state index in [4.69, 9.17) is 4.74 Å². The zero-order valence-electron chi connectivity index (χ0n) is 19.9. The van der Waals surface area contributed by atoms with E-state index in [1.807, 2.05) is 6.07 Å². The van der Waals surface area contributed by atoms with Crippen LogP contribution in [0, 0.1) is 17.2 Å². The smallest absolute Gasteiger partial charge is 0.418 e. The minimum atomic E-state index is -4.69. The second-order valence-corrected chi connectivity index (χ2v) is 8.80. The molecule has 2 amide bonds.